The first kappa shape index (κ1) is 23.3. The summed E-state index contributed by atoms with van der Waals surface area (Å²) in [6, 6.07) is 11.7. The molecule has 180 valence electrons. The van der Waals surface area contributed by atoms with E-state index in [1.807, 2.05) is 19.1 Å². The maximum absolute atomic E-state index is 13.1. The van der Waals surface area contributed by atoms with Gasteiger partial charge in [0.05, 0.1) is 23.4 Å². The molecule has 3 amide bonds. The van der Waals surface area contributed by atoms with Gasteiger partial charge in [-0.05, 0) is 67.3 Å². The van der Waals surface area contributed by atoms with E-state index in [0.717, 1.165) is 0 Å². The number of benzene rings is 2. The number of fused-ring (bicyclic) bond motifs is 1. The van der Waals surface area contributed by atoms with Gasteiger partial charge in [0.15, 0.2) is 0 Å². The van der Waals surface area contributed by atoms with Gasteiger partial charge in [0.1, 0.15) is 5.75 Å². The average Bonchev–Trinajstić information content (AvgIpc) is 3.33. The fourth-order valence-corrected chi connectivity index (χ4v) is 5.39. The number of imide groups is 1. The Kier molecular flexibility index (Phi) is 5.97. The number of esters is 1. The second-order valence-corrected chi connectivity index (χ2v) is 9.85. The molecule has 0 unspecified atom stereocenters. The minimum absolute atomic E-state index is 0.0114. The Morgan fingerprint density at radius 2 is 1.80 bits per heavy atom. The van der Waals surface area contributed by atoms with Crippen LogP contribution in [0.5, 0.6) is 5.75 Å². The van der Waals surface area contributed by atoms with Gasteiger partial charge >= 0.3 is 5.97 Å². The zero-order valence-electron chi connectivity index (χ0n) is 19.4. The summed E-state index contributed by atoms with van der Waals surface area (Å²) >= 11 is 5.92. The van der Waals surface area contributed by atoms with Gasteiger partial charge in [-0.2, -0.15) is 0 Å². The van der Waals surface area contributed by atoms with Crippen molar-refractivity contribution >= 4 is 46.7 Å². The monoisotopic (exact) mass is 492 g/mol. The number of carbonyl (C=O) groups excluding carboxylic acids is 4. The van der Waals surface area contributed by atoms with Crippen molar-refractivity contribution in [3.63, 3.8) is 0 Å². The lowest BCUT2D eigenvalue weighted by atomic mass is 9.78. The molecule has 0 bridgehead atoms. The molecule has 8 heteroatoms. The summed E-state index contributed by atoms with van der Waals surface area (Å²) in [5.41, 5.74) is 1.84. The molecule has 3 aliphatic rings. The van der Waals surface area contributed by atoms with E-state index in [-0.39, 0.29) is 48.4 Å². The lowest BCUT2D eigenvalue weighted by molar-refractivity contribution is -0.139. The number of amides is 3. The van der Waals surface area contributed by atoms with Crippen molar-refractivity contribution in [2.24, 2.45) is 23.7 Å². The van der Waals surface area contributed by atoms with E-state index < -0.39 is 11.9 Å². The number of allylic oxidation sites excluding steroid dienone is 2. The number of carbonyl (C=O) groups is 4. The minimum Gasteiger partial charge on any atom is -0.426 e. The van der Waals surface area contributed by atoms with Gasteiger partial charge in [0.2, 0.25) is 17.7 Å². The van der Waals surface area contributed by atoms with Gasteiger partial charge in [0.25, 0.3) is 0 Å². The molecule has 0 saturated carbocycles. The Morgan fingerprint density at radius 3 is 2.49 bits per heavy atom. The maximum atomic E-state index is 13.1. The molecule has 2 aliphatic heterocycles. The van der Waals surface area contributed by atoms with Gasteiger partial charge < -0.3 is 9.64 Å². The fraction of sp³-hybridized carbons (Fsp3) is 0.333. The Labute approximate surface area is 208 Å². The number of aryl methyl sites for hydroxylation is 1. The topological polar surface area (TPSA) is 84.0 Å². The molecular formula is C27H25ClN2O5. The third kappa shape index (κ3) is 4.14. The van der Waals surface area contributed by atoms with Crippen molar-refractivity contribution in [1.82, 2.24) is 0 Å². The summed E-state index contributed by atoms with van der Waals surface area (Å²) in [6.07, 6.45) is 4.59. The summed E-state index contributed by atoms with van der Waals surface area (Å²) in [4.78, 5) is 54.2. The van der Waals surface area contributed by atoms with E-state index in [2.05, 4.69) is 0 Å². The Morgan fingerprint density at radius 1 is 1.06 bits per heavy atom. The maximum Gasteiger partial charge on any atom is 0.316 e. The lowest BCUT2D eigenvalue weighted by Gasteiger charge is -2.22. The highest BCUT2D eigenvalue weighted by Gasteiger charge is 2.50. The van der Waals surface area contributed by atoms with Crippen LogP contribution in [0.3, 0.4) is 0 Å². The van der Waals surface area contributed by atoms with Crippen LogP contribution in [-0.2, 0) is 19.2 Å². The number of rotatable bonds is 4. The third-order valence-corrected chi connectivity index (χ3v) is 7.35. The molecule has 5 rings (SSSR count). The van der Waals surface area contributed by atoms with Gasteiger partial charge in [-0.25, -0.2) is 4.90 Å². The molecule has 2 aromatic carbocycles. The van der Waals surface area contributed by atoms with Crippen molar-refractivity contribution in [2.75, 3.05) is 16.3 Å². The van der Waals surface area contributed by atoms with E-state index in [4.69, 9.17) is 16.3 Å². The van der Waals surface area contributed by atoms with E-state index >= 15 is 0 Å². The molecule has 35 heavy (non-hydrogen) atoms. The normalized spacial score (nSPS) is 25.9. The molecule has 4 atom stereocenters. The largest absolute Gasteiger partial charge is 0.426 e. The molecule has 0 spiro atoms. The molecule has 1 aliphatic carbocycles. The van der Waals surface area contributed by atoms with E-state index in [0.29, 0.717) is 34.1 Å². The number of nitrogens with zero attached hydrogens (tertiary/aromatic N) is 2. The van der Waals surface area contributed by atoms with Crippen molar-refractivity contribution in [3.05, 3.63) is 65.2 Å². The van der Waals surface area contributed by atoms with Crippen LogP contribution in [0.2, 0.25) is 5.02 Å². The van der Waals surface area contributed by atoms with Gasteiger partial charge in [-0.15, -0.1) is 0 Å². The van der Waals surface area contributed by atoms with Crippen LogP contribution < -0.4 is 14.5 Å². The summed E-state index contributed by atoms with van der Waals surface area (Å²) < 4.78 is 5.58. The van der Waals surface area contributed by atoms with Gasteiger partial charge in [0, 0.05) is 23.7 Å². The number of hydrogen-bond acceptors (Lipinski definition) is 5. The third-order valence-electron chi connectivity index (χ3n) is 7.10. The smallest absolute Gasteiger partial charge is 0.316 e. The van der Waals surface area contributed by atoms with Crippen LogP contribution in [0.25, 0.3) is 0 Å². The van der Waals surface area contributed by atoms with E-state index in [9.17, 15) is 19.2 Å². The second-order valence-electron chi connectivity index (χ2n) is 9.42. The second kappa shape index (κ2) is 8.96. The Hall–Kier alpha value is -3.45. The van der Waals surface area contributed by atoms with Crippen molar-refractivity contribution in [3.8, 4) is 5.75 Å². The fourth-order valence-electron chi connectivity index (χ4n) is 5.26. The van der Waals surface area contributed by atoms with Crippen molar-refractivity contribution in [2.45, 2.75) is 26.7 Å². The summed E-state index contributed by atoms with van der Waals surface area (Å²) in [5.74, 6) is -1.98. The summed E-state index contributed by atoms with van der Waals surface area (Å²) in [5, 5.41) is 0.567. The molecule has 2 fully saturated rings. The van der Waals surface area contributed by atoms with Gasteiger partial charge in [-0.3, -0.25) is 19.2 Å². The first-order chi connectivity index (χ1) is 16.7. The van der Waals surface area contributed by atoms with Crippen molar-refractivity contribution in [1.29, 1.82) is 0 Å². The Balaban J connectivity index is 1.28. The quantitative estimate of drug-likeness (QED) is 0.275. The molecule has 0 aromatic heterocycles. The molecular weight excluding hydrogens is 468 g/mol. The zero-order valence-corrected chi connectivity index (χ0v) is 20.2. The molecule has 2 aromatic rings. The van der Waals surface area contributed by atoms with Crippen LogP contribution in [0.4, 0.5) is 11.4 Å². The zero-order chi connectivity index (χ0) is 24.9. The van der Waals surface area contributed by atoms with Crippen LogP contribution in [0, 0.1) is 30.6 Å². The summed E-state index contributed by atoms with van der Waals surface area (Å²) in [6.45, 7) is 3.96. The first-order valence-corrected chi connectivity index (χ1v) is 12.0. The highest BCUT2D eigenvalue weighted by Crippen LogP contribution is 2.41. The minimum atomic E-state index is -0.600. The Bertz CT molecular complexity index is 1250. The van der Waals surface area contributed by atoms with Crippen LogP contribution in [-0.4, -0.2) is 30.2 Å². The number of halogens is 1. The number of anilines is 2. The van der Waals surface area contributed by atoms with Crippen LogP contribution in [0.15, 0.2) is 54.6 Å². The number of hydrogen-bond donors (Lipinski definition) is 0. The van der Waals surface area contributed by atoms with Gasteiger partial charge in [-0.1, -0.05) is 30.7 Å². The predicted molar refractivity (Wildman–Crippen MR) is 131 cm³/mol. The van der Waals surface area contributed by atoms with Crippen LogP contribution in [0.1, 0.15) is 25.3 Å². The highest BCUT2D eigenvalue weighted by molar-refractivity contribution is 6.30. The lowest BCUT2D eigenvalue weighted by Crippen LogP contribution is -2.32. The molecule has 0 N–H and O–H groups in total. The first-order valence-electron chi connectivity index (χ1n) is 11.7. The highest BCUT2D eigenvalue weighted by atomic mass is 35.5. The standard InChI is InChI=1S/C27H25ClN2O5/c1-15-4-3-5-21-24(15)26(33)30(25(21)32)22-11-10-20(12-16(22)2)35-27(34)17-13-23(31)29(14-17)19-8-6-18(28)7-9-19/h3-4,6-12,15,17,21,24H,5,13-14H2,1-2H3/t15-,17-,21-,24+/m1/s1. The summed E-state index contributed by atoms with van der Waals surface area (Å²) in [7, 11) is 0. The van der Waals surface area contributed by atoms with E-state index in [1.165, 1.54) is 4.90 Å². The molecule has 7 nitrogen and oxygen atoms in total. The molecule has 2 saturated heterocycles. The average molecular weight is 493 g/mol. The number of ether oxygens (including phenoxy) is 1. The predicted octanol–water partition coefficient (Wildman–Crippen LogP) is 4.31. The van der Waals surface area contributed by atoms with Crippen LogP contribution >= 0.6 is 11.6 Å². The molecule has 2 heterocycles. The van der Waals surface area contributed by atoms with Crippen molar-refractivity contribution < 1.29 is 23.9 Å². The molecule has 0 radical (unpaired) electrons. The SMILES string of the molecule is Cc1cc(OC(=O)[C@@H]2CC(=O)N(c3ccc(Cl)cc3)C2)ccc1N1C(=O)[C@H]2[C@H](C)C=CC[C@H]2C1=O. The van der Waals surface area contributed by atoms with E-state index in [1.54, 1.807) is 54.3 Å².